The van der Waals surface area contributed by atoms with Gasteiger partial charge in [-0.3, -0.25) is 9.59 Å². The number of Topliss-reactive ketones (excluding diaryl/α,β-unsaturated/α-hetero) is 1. The van der Waals surface area contributed by atoms with Crippen LogP contribution in [0.2, 0.25) is 20.5 Å². The van der Waals surface area contributed by atoms with Gasteiger partial charge in [-0.1, -0.05) is 42.5 Å². The highest BCUT2D eigenvalue weighted by atomic mass is 79.9. The van der Waals surface area contributed by atoms with Gasteiger partial charge in [0.15, 0.2) is 43.0 Å². The molecule has 2 aliphatic heterocycles. The smallest absolute Gasteiger partial charge is 0.247 e. The largest absolute Gasteiger partial charge is 0.458 e. The van der Waals surface area contributed by atoms with Crippen molar-refractivity contribution < 1.29 is 56.4 Å². The highest BCUT2D eigenvalue weighted by Gasteiger charge is 2.55. The Morgan fingerprint density at radius 2 is 1.62 bits per heavy atom. The number of thiol groups is 3. The lowest BCUT2D eigenvalue weighted by molar-refractivity contribution is -0.147. The lowest BCUT2D eigenvalue weighted by Crippen LogP contribution is -2.67. The lowest BCUT2D eigenvalue weighted by Gasteiger charge is -2.43. The summed E-state index contributed by atoms with van der Waals surface area (Å²) in [5.74, 6) is -0.946. The van der Waals surface area contributed by atoms with E-state index in [0.717, 1.165) is 36.1 Å². The first-order valence-electron chi connectivity index (χ1n) is 22.8. The van der Waals surface area contributed by atoms with E-state index in [1.807, 2.05) is 0 Å². The maximum absolute atomic E-state index is 13.7. The number of aliphatic hydroxyl groups excluding tert-OH is 3. The Kier molecular flexibility index (Phi) is 19.9. The molecule has 3 aliphatic rings. The number of hydrogen-bond donors (Lipinski definition) is 7. The molecule has 306 valence electrons. The molecule has 13 nitrogen and oxygen atoms in total. The summed E-state index contributed by atoms with van der Waals surface area (Å²) >= 11 is 16.4. The zero-order valence-electron chi connectivity index (χ0n) is 42.4. The number of hydrogen-bond acceptors (Lipinski definition) is 18. The van der Waals surface area contributed by atoms with Crippen LogP contribution in [-0.4, -0.2) is 176 Å². The molecule has 0 aromatic heterocycles. The minimum Gasteiger partial charge on any atom is -0.458 e. The van der Waals surface area contributed by atoms with Gasteiger partial charge < -0.3 is 52.1 Å². The summed E-state index contributed by atoms with van der Waals surface area (Å²) in [7, 11) is -3.63. The third kappa shape index (κ3) is 17.1. The van der Waals surface area contributed by atoms with Crippen LogP contribution < -0.4 is 14.2 Å². The molecule has 0 radical (unpaired) electrons. The zero-order chi connectivity index (χ0) is 51.0. The lowest BCUT2D eigenvalue weighted by atomic mass is 9.83. The molecule has 1 unspecified atom stereocenters. The molecule has 4 N–H and O–H groups in total. The van der Waals surface area contributed by atoms with Crippen molar-refractivity contribution in [2.75, 3.05) is 29.1 Å². The van der Waals surface area contributed by atoms with Gasteiger partial charge in [0.1, 0.15) is 72.8 Å². The molecule has 1 amide bonds. The van der Waals surface area contributed by atoms with E-state index in [2.05, 4.69) is 58.7 Å². The van der Waals surface area contributed by atoms with Crippen LogP contribution in [0, 0.1) is 0 Å². The maximum atomic E-state index is 13.7. The Balaban J connectivity index is 0.00000167. The first-order valence-corrected chi connectivity index (χ1v) is 21.8. The number of nitrogens with one attached hydrogen (secondary N) is 1. The van der Waals surface area contributed by atoms with Gasteiger partial charge in [-0.25, -0.2) is 37.4 Å². The first kappa shape index (κ1) is 36.0. The molecular formula is C29H52B6BrNO12S6. The van der Waals surface area contributed by atoms with E-state index in [-0.39, 0.29) is 65.7 Å². The Bertz CT molecular complexity index is 1600. The predicted octanol–water partition coefficient (Wildman–Crippen LogP) is -0.707. The number of rotatable bonds is 22. The van der Waals surface area contributed by atoms with Gasteiger partial charge in [0, 0.05) is 23.3 Å². The number of alkyl halides is 1. The van der Waals surface area contributed by atoms with Crippen LogP contribution in [-0.2, 0) is 32.2 Å². The van der Waals surface area contributed by atoms with Gasteiger partial charge >= 0.3 is 0 Å². The summed E-state index contributed by atoms with van der Waals surface area (Å²) in [4.78, 5) is 26.4. The molecule has 2 heterocycles. The number of fused-ring (bicyclic) bond motifs is 1. The van der Waals surface area contributed by atoms with Crippen LogP contribution in [0.3, 0.4) is 0 Å². The number of amides is 1. The third-order valence-electron chi connectivity index (χ3n) is 7.11. The second-order valence-electron chi connectivity index (χ2n) is 10.8. The molecule has 3 fully saturated rings. The fourth-order valence-corrected chi connectivity index (χ4v) is 6.54. The van der Waals surface area contributed by atoms with Gasteiger partial charge in [0.05, 0.1) is 11.4 Å². The first-order chi connectivity index (χ1) is 31.5. The van der Waals surface area contributed by atoms with Gasteiger partial charge in [-0.2, -0.15) is 0 Å². The van der Waals surface area contributed by atoms with Crippen molar-refractivity contribution in [3.05, 3.63) is 29.3 Å². The Hall–Kier alpha value is 0.350. The van der Waals surface area contributed by atoms with E-state index in [1.54, 1.807) is 26.5 Å². The van der Waals surface area contributed by atoms with E-state index in [0.29, 0.717) is 5.56 Å². The molecule has 1 saturated carbocycles. The summed E-state index contributed by atoms with van der Waals surface area (Å²) in [6, 6.07) is 3.43. The van der Waals surface area contributed by atoms with Crippen molar-refractivity contribution in [1.82, 2.24) is 5.32 Å². The van der Waals surface area contributed by atoms with Crippen molar-refractivity contribution in [3.8, 4) is 11.5 Å². The van der Waals surface area contributed by atoms with Crippen LogP contribution >= 0.6 is 89.5 Å². The third-order valence-corrected chi connectivity index (χ3v) is 9.08. The topological polar surface area (TPSA) is 171 Å². The number of carbonyl (C=O) groups is 2. The number of halogens is 1. The Labute approximate surface area is 384 Å². The van der Waals surface area contributed by atoms with Crippen molar-refractivity contribution in [2.45, 2.75) is 88.6 Å². The molecule has 1 aromatic rings. The quantitative estimate of drug-likeness (QED) is 0.0256. The predicted molar refractivity (Wildman–Crippen MR) is 252 cm³/mol. The van der Waals surface area contributed by atoms with Gasteiger partial charge in [-0.15, -0.1) is 0 Å². The van der Waals surface area contributed by atoms with Crippen molar-refractivity contribution in [3.63, 3.8) is 0 Å². The Morgan fingerprint density at radius 1 is 1.02 bits per heavy atom. The number of ketones is 1. The average molecular weight is 962 g/mol. The number of aliphatic hydroxyl groups is 3. The van der Waals surface area contributed by atoms with Crippen LogP contribution in [0.25, 0.3) is 6.08 Å². The van der Waals surface area contributed by atoms with Crippen LogP contribution in [0.1, 0.15) is 12.5 Å². The van der Waals surface area contributed by atoms with Crippen molar-refractivity contribution in [2.24, 2.45) is 0 Å². The van der Waals surface area contributed by atoms with E-state index in [4.69, 9.17) is 63.1 Å². The standard InChI is InChI=1S/C26H37B3BrNO12S3.3CH5BS/c1-11(25(36)31-16-17(33)18(34)22-24(38-10-37-22)21(16)42-45-8-28)4-12-2-3-14(15(5-12)41-44-7-27)39-26-19(35)23(43-46-9-29)20(40-26)13(32)6-30;3*1-2-3/h2-5,16-24,26,33-35H,6-10,27-29H2,1H3,(H,31,36);3*2-3H,1H3/b11-4+;;;/t16?,17-,18+,19-,20+,21+,22+,23-,24-,26+;;;/m0.../s1/i27TD,28TD,29TD,33T,34T,35T;3*2D. The van der Waals surface area contributed by atoms with E-state index >= 15 is 0 Å². The minimum atomic E-state index is -1.37. The molecule has 0 bridgehead atoms. The molecule has 0 spiro atoms. The summed E-state index contributed by atoms with van der Waals surface area (Å²) in [5, 5.41) is 17.3. The molecular weight excluding hydrogens is 891 g/mol. The van der Waals surface area contributed by atoms with Crippen molar-refractivity contribution >= 4 is 150 Å². The van der Waals surface area contributed by atoms with E-state index < -0.39 is 96.2 Å². The SMILES string of the molecule is [2H]B(C)S.[2H]B(C)S.[2H]B(C)S.[2H]B([3H])CSOc1cc(/C=C(\C)C(=O)NC2[C@@H](OSCB([2H])[3H])[C@@H]3OCO[C@@H]3[C@H](O[3H])[C@H]2O[3H])ccc1O[C@@H]1O[C@H](C(=O)CBr)[C@@H](OSCB([2H])[3H])[C@@H]1O[3H]. The second kappa shape index (κ2) is 30.4. The summed E-state index contributed by atoms with van der Waals surface area (Å²) in [6.45, 7) is 5.77. The van der Waals surface area contributed by atoms with Crippen LogP contribution in [0.4, 0.5) is 0 Å². The summed E-state index contributed by atoms with van der Waals surface area (Å²) < 4.78 is 128. The summed E-state index contributed by atoms with van der Waals surface area (Å²) in [5.41, 5.74) is 0.454. The monoisotopic (exact) mass is 961 g/mol. The number of carbonyl (C=O) groups excluding carboxylic acids is 2. The highest BCUT2D eigenvalue weighted by Crippen LogP contribution is 2.37. The highest BCUT2D eigenvalue weighted by molar-refractivity contribution is 9.09. The summed E-state index contributed by atoms with van der Waals surface area (Å²) in [6.07, 6.45) is -8.56. The van der Waals surface area contributed by atoms with Crippen LogP contribution in [0.15, 0.2) is 23.8 Å². The average Bonchev–Trinajstić information content (AvgIpc) is 3.85. The minimum absolute atomic E-state index is 0.0296. The molecule has 26 heteroatoms. The molecule has 4 rings (SSSR count). The van der Waals surface area contributed by atoms with Gasteiger partial charge in [0.2, 0.25) is 16.5 Å². The molecule has 10 atom stereocenters. The molecule has 2 saturated heterocycles. The number of benzene rings is 1. The van der Waals surface area contributed by atoms with Crippen molar-refractivity contribution in [1.29, 1.82) is 16.3 Å². The van der Waals surface area contributed by atoms with Gasteiger partial charge in [-0.05, 0) is 78.1 Å². The van der Waals surface area contributed by atoms with E-state index in [1.165, 1.54) is 25.1 Å². The maximum Gasteiger partial charge on any atom is 0.247 e. The molecule has 1 aliphatic carbocycles. The van der Waals surface area contributed by atoms with Crippen LogP contribution in [0.5, 0.6) is 11.5 Å². The van der Waals surface area contributed by atoms with E-state index in [9.17, 15) is 9.59 Å². The number of ether oxygens (including phenoxy) is 4. The Morgan fingerprint density at radius 3 is 2.22 bits per heavy atom. The van der Waals surface area contributed by atoms with Gasteiger partial charge in [0.25, 0.3) is 0 Å². The molecule has 1 aromatic carbocycles. The fraction of sp³-hybridized carbons (Fsp3) is 0.655. The zero-order valence-corrected chi connectivity index (χ0v) is 37.1. The normalized spacial score (nSPS) is 30.8. The second-order valence-corrected chi connectivity index (χ2v) is 15.2. The molecule has 55 heavy (non-hydrogen) atoms. The fourth-order valence-electron chi connectivity index (χ4n) is 4.99.